The van der Waals surface area contributed by atoms with Gasteiger partial charge in [-0.15, -0.1) is 0 Å². The number of ether oxygens (including phenoxy) is 2. The fraction of sp³-hybridized carbons (Fsp3) is 0.409. The molecule has 0 bridgehead atoms. The van der Waals surface area contributed by atoms with Crippen LogP contribution >= 0.6 is 11.6 Å². The van der Waals surface area contributed by atoms with Gasteiger partial charge in [0.15, 0.2) is 0 Å². The molecule has 0 aliphatic carbocycles. The van der Waals surface area contributed by atoms with Gasteiger partial charge in [-0.3, -0.25) is 4.98 Å². The molecule has 0 amide bonds. The van der Waals surface area contributed by atoms with Gasteiger partial charge in [-0.1, -0.05) is 11.6 Å². The summed E-state index contributed by atoms with van der Waals surface area (Å²) >= 11 is 6.34. The summed E-state index contributed by atoms with van der Waals surface area (Å²) in [4.78, 5) is 4.34. The number of hydrogen-bond donors (Lipinski definition) is 1. The van der Waals surface area contributed by atoms with Gasteiger partial charge in [0.25, 0.3) is 0 Å². The van der Waals surface area contributed by atoms with Crippen LogP contribution in [0.2, 0.25) is 5.02 Å². The number of aromatic nitrogens is 2. The lowest BCUT2D eigenvalue weighted by Crippen LogP contribution is -2.33. The summed E-state index contributed by atoms with van der Waals surface area (Å²) in [6, 6.07) is 10.3. The number of hydrogen-bond acceptors (Lipinski definition) is 4. The molecule has 1 saturated heterocycles. The van der Waals surface area contributed by atoms with E-state index in [1.54, 1.807) is 0 Å². The molecule has 2 aromatic heterocycles. The molecule has 146 valence electrons. The standard InChI is InChI=1S/C22H24ClN3O2/c1-15-12-16(4-9-25-15)22(27-10-11-28-22)14-26-20-3-2-17(23)13-19(20)18-5-7-24-8-6-21(18)26/h2-4,9,12-13,24H,5-8,10-11,14H2,1H3. The molecular formula is C22H24ClN3O2. The monoisotopic (exact) mass is 397 g/mol. The molecule has 1 N–H and O–H groups in total. The van der Waals surface area contributed by atoms with Gasteiger partial charge in [0.2, 0.25) is 5.79 Å². The first-order valence-electron chi connectivity index (χ1n) is 9.87. The first kappa shape index (κ1) is 18.1. The van der Waals surface area contributed by atoms with E-state index in [-0.39, 0.29) is 0 Å². The molecule has 0 spiro atoms. The molecule has 0 atom stereocenters. The molecule has 3 aromatic rings. The first-order valence-corrected chi connectivity index (χ1v) is 10.3. The van der Waals surface area contributed by atoms with Gasteiger partial charge >= 0.3 is 0 Å². The van der Waals surface area contributed by atoms with Crippen molar-refractivity contribution in [3.63, 3.8) is 0 Å². The van der Waals surface area contributed by atoms with E-state index in [1.807, 2.05) is 25.3 Å². The molecule has 1 fully saturated rings. The second kappa shape index (κ2) is 7.16. The highest BCUT2D eigenvalue weighted by Gasteiger charge is 2.40. The summed E-state index contributed by atoms with van der Waals surface area (Å²) in [6.45, 7) is 5.76. The lowest BCUT2D eigenvalue weighted by Gasteiger charge is -2.30. The van der Waals surface area contributed by atoms with E-state index >= 15 is 0 Å². The molecule has 0 unspecified atom stereocenters. The van der Waals surface area contributed by atoms with Crippen LogP contribution in [0.25, 0.3) is 10.9 Å². The van der Waals surface area contributed by atoms with Crippen molar-refractivity contribution in [2.45, 2.75) is 32.1 Å². The normalized spacial score (nSPS) is 18.9. The Morgan fingerprint density at radius 2 is 1.96 bits per heavy atom. The summed E-state index contributed by atoms with van der Waals surface area (Å²) in [5.41, 5.74) is 5.92. The minimum absolute atomic E-state index is 0.593. The number of aryl methyl sites for hydroxylation is 1. The SMILES string of the molecule is Cc1cc(C2(Cn3c4c(c5cc(Cl)ccc53)CCNCC4)OCCO2)ccn1. The highest BCUT2D eigenvalue weighted by Crippen LogP contribution is 2.38. The Hall–Kier alpha value is -1.92. The molecular weight excluding hydrogens is 374 g/mol. The summed E-state index contributed by atoms with van der Waals surface area (Å²) in [6.07, 6.45) is 3.81. The maximum absolute atomic E-state index is 6.34. The van der Waals surface area contributed by atoms with Crippen LogP contribution in [-0.4, -0.2) is 35.9 Å². The number of nitrogens with one attached hydrogen (secondary N) is 1. The number of benzene rings is 1. The third-order valence-electron chi connectivity index (χ3n) is 5.80. The van der Waals surface area contributed by atoms with Crippen LogP contribution in [0, 0.1) is 6.92 Å². The average molecular weight is 398 g/mol. The van der Waals surface area contributed by atoms with Crippen molar-refractivity contribution in [3.05, 3.63) is 64.1 Å². The molecule has 5 rings (SSSR count). The topological polar surface area (TPSA) is 48.3 Å². The van der Waals surface area contributed by atoms with Crippen LogP contribution in [0.15, 0.2) is 36.5 Å². The van der Waals surface area contributed by atoms with Crippen molar-refractivity contribution < 1.29 is 9.47 Å². The van der Waals surface area contributed by atoms with Gasteiger partial charge in [-0.05, 0) is 55.8 Å². The van der Waals surface area contributed by atoms with E-state index in [1.165, 1.54) is 22.2 Å². The van der Waals surface area contributed by atoms with Crippen molar-refractivity contribution in [2.75, 3.05) is 26.3 Å². The van der Waals surface area contributed by atoms with Gasteiger partial charge in [0, 0.05) is 52.0 Å². The van der Waals surface area contributed by atoms with Crippen molar-refractivity contribution in [1.82, 2.24) is 14.9 Å². The maximum Gasteiger partial charge on any atom is 0.213 e. The third-order valence-corrected chi connectivity index (χ3v) is 6.03. The smallest absolute Gasteiger partial charge is 0.213 e. The first-order chi connectivity index (χ1) is 13.7. The zero-order chi connectivity index (χ0) is 19.1. The molecule has 0 saturated carbocycles. The Labute approximate surface area is 169 Å². The van der Waals surface area contributed by atoms with Gasteiger partial charge in [-0.25, -0.2) is 0 Å². The predicted octanol–water partition coefficient (Wildman–Crippen LogP) is 3.59. The van der Waals surface area contributed by atoms with Crippen LogP contribution in [0.1, 0.15) is 22.5 Å². The van der Waals surface area contributed by atoms with E-state index in [9.17, 15) is 0 Å². The maximum atomic E-state index is 6.34. The Bertz CT molecular complexity index is 1020. The molecule has 1 aromatic carbocycles. The minimum atomic E-state index is -0.785. The van der Waals surface area contributed by atoms with E-state index in [0.717, 1.165) is 42.2 Å². The number of pyridine rings is 1. The minimum Gasteiger partial charge on any atom is -0.342 e. The zero-order valence-electron chi connectivity index (χ0n) is 16.0. The largest absolute Gasteiger partial charge is 0.342 e. The number of nitrogens with zero attached hydrogens (tertiary/aromatic N) is 2. The Kier molecular flexibility index (Phi) is 4.63. The van der Waals surface area contributed by atoms with Crippen LogP contribution in [0.5, 0.6) is 0 Å². The van der Waals surface area contributed by atoms with E-state index in [0.29, 0.717) is 19.8 Å². The summed E-state index contributed by atoms with van der Waals surface area (Å²) in [5, 5.41) is 5.53. The van der Waals surface area contributed by atoms with Gasteiger partial charge < -0.3 is 19.4 Å². The Morgan fingerprint density at radius 3 is 2.79 bits per heavy atom. The number of fused-ring (bicyclic) bond motifs is 3. The fourth-order valence-electron chi connectivity index (χ4n) is 4.53. The second-order valence-electron chi connectivity index (χ2n) is 7.56. The van der Waals surface area contributed by atoms with Crippen molar-refractivity contribution in [3.8, 4) is 0 Å². The van der Waals surface area contributed by atoms with Crippen LogP contribution in [0.3, 0.4) is 0 Å². The number of halogens is 1. The van der Waals surface area contributed by atoms with Gasteiger partial charge in [0.1, 0.15) is 0 Å². The molecule has 0 radical (unpaired) electrons. The molecule has 4 heterocycles. The second-order valence-corrected chi connectivity index (χ2v) is 8.00. The van der Waals surface area contributed by atoms with Gasteiger partial charge in [-0.2, -0.15) is 0 Å². The lowest BCUT2D eigenvalue weighted by molar-refractivity contribution is -0.175. The zero-order valence-corrected chi connectivity index (χ0v) is 16.8. The average Bonchev–Trinajstić information content (AvgIpc) is 3.17. The van der Waals surface area contributed by atoms with Crippen LogP contribution in [0.4, 0.5) is 0 Å². The summed E-state index contributed by atoms with van der Waals surface area (Å²) < 4.78 is 14.9. The summed E-state index contributed by atoms with van der Waals surface area (Å²) in [7, 11) is 0. The van der Waals surface area contributed by atoms with E-state index in [4.69, 9.17) is 21.1 Å². The van der Waals surface area contributed by atoms with E-state index in [2.05, 4.69) is 33.1 Å². The quantitative estimate of drug-likeness (QED) is 0.733. The predicted molar refractivity (Wildman–Crippen MR) is 110 cm³/mol. The van der Waals surface area contributed by atoms with Crippen LogP contribution < -0.4 is 5.32 Å². The molecule has 6 heteroatoms. The van der Waals surface area contributed by atoms with Crippen molar-refractivity contribution in [2.24, 2.45) is 0 Å². The summed E-state index contributed by atoms with van der Waals surface area (Å²) in [5.74, 6) is -0.785. The highest BCUT2D eigenvalue weighted by molar-refractivity contribution is 6.31. The molecule has 5 nitrogen and oxygen atoms in total. The Balaban J connectivity index is 1.67. The Morgan fingerprint density at radius 1 is 1.14 bits per heavy atom. The third kappa shape index (κ3) is 3.03. The highest BCUT2D eigenvalue weighted by atomic mass is 35.5. The van der Waals surface area contributed by atoms with Gasteiger partial charge in [0.05, 0.1) is 19.8 Å². The fourth-order valence-corrected chi connectivity index (χ4v) is 4.71. The molecule has 2 aliphatic rings. The molecule has 28 heavy (non-hydrogen) atoms. The molecule has 2 aliphatic heterocycles. The van der Waals surface area contributed by atoms with E-state index < -0.39 is 5.79 Å². The number of rotatable bonds is 3. The van der Waals surface area contributed by atoms with Crippen LogP contribution in [-0.2, 0) is 34.6 Å². The van der Waals surface area contributed by atoms with Crippen molar-refractivity contribution >= 4 is 22.5 Å². The lowest BCUT2D eigenvalue weighted by atomic mass is 10.1. The van der Waals surface area contributed by atoms with Crippen molar-refractivity contribution in [1.29, 1.82) is 0 Å².